The molecule has 0 aliphatic heterocycles. The molecule has 2 N–H and O–H groups in total. The average Bonchev–Trinajstić information content (AvgIpc) is 4.13. The molecule has 0 aromatic heterocycles. The van der Waals surface area contributed by atoms with Gasteiger partial charge in [0.05, 0.1) is 11.2 Å². The summed E-state index contributed by atoms with van der Waals surface area (Å²) in [5.74, 6) is 9.64. The molecule has 0 aromatic carbocycles. The number of ketones is 4. The SMILES string of the molecule is C[C@H](/C=C/[C@H](C)C(C)(C)C)C1CC[C@H]2C(=O)CCC[C@]12C.C[C@H](/C=C/[C@H](C)C(C)(C)O)C1CC[C@H]2C(=O)CCC[C@]12C.C[C@H](CCCC(C)(C)C)C1CC[C@H]2C(=O)CCC[C@]12C.C[C@H](CCCC(C)(C)O)C1CC[C@H]2C(=O)CCC[C@]12C. The van der Waals surface area contributed by atoms with Gasteiger partial charge in [-0.25, -0.2) is 0 Å². The molecule has 0 spiro atoms. The predicted octanol–water partition coefficient (Wildman–Crippen LogP) is 20.0. The van der Waals surface area contributed by atoms with Crippen LogP contribution in [0.2, 0.25) is 0 Å². The van der Waals surface area contributed by atoms with Gasteiger partial charge in [-0.15, -0.1) is 0 Å². The number of rotatable bonds is 16. The summed E-state index contributed by atoms with van der Waals surface area (Å²) in [6.07, 6.45) is 38.6. The van der Waals surface area contributed by atoms with Crippen molar-refractivity contribution < 1.29 is 29.4 Å². The number of hydrogen-bond acceptors (Lipinski definition) is 6. The van der Waals surface area contributed by atoms with Gasteiger partial charge in [-0.1, -0.05) is 161 Å². The van der Waals surface area contributed by atoms with E-state index in [9.17, 15) is 29.4 Å². The molecule has 8 aliphatic rings. The summed E-state index contributed by atoms with van der Waals surface area (Å²) in [6.45, 7) is 44.8. The summed E-state index contributed by atoms with van der Waals surface area (Å²) in [5.41, 5.74) is 0.657. The summed E-state index contributed by atoms with van der Waals surface area (Å²) in [5, 5.41) is 19.9. The van der Waals surface area contributed by atoms with E-state index in [0.29, 0.717) is 104 Å². The molecule has 82 heavy (non-hydrogen) atoms. The average molecular weight is 1140 g/mol. The maximum Gasteiger partial charge on any atom is 0.136 e. The van der Waals surface area contributed by atoms with Gasteiger partial charge in [0, 0.05) is 55.3 Å². The van der Waals surface area contributed by atoms with Crippen LogP contribution in [0.3, 0.4) is 0 Å². The van der Waals surface area contributed by atoms with Gasteiger partial charge in [-0.05, 0) is 229 Å². The van der Waals surface area contributed by atoms with Gasteiger partial charge < -0.3 is 10.2 Å². The molecule has 18 atom stereocenters. The number of Topliss-reactive ketones (excluding diaryl/α,β-unsaturated/α-hetero) is 4. The molecular weight excluding hydrogens is 1010 g/mol. The maximum atomic E-state index is 12.2. The lowest BCUT2D eigenvalue weighted by molar-refractivity contribution is -0.130. The highest BCUT2D eigenvalue weighted by molar-refractivity contribution is 5.84. The Bertz CT molecular complexity index is 1990. The number of fused-ring (bicyclic) bond motifs is 4. The monoisotopic (exact) mass is 1140 g/mol. The van der Waals surface area contributed by atoms with Crippen LogP contribution in [0, 0.1) is 115 Å². The van der Waals surface area contributed by atoms with Crippen LogP contribution >= 0.6 is 0 Å². The molecule has 8 rings (SSSR count). The van der Waals surface area contributed by atoms with Gasteiger partial charge in [-0.3, -0.25) is 19.2 Å². The van der Waals surface area contributed by atoms with Crippen LogP contribution in [0.4, 0.5) is 0 Å². The number of carbonyl (C=O) groups is 4. The number of aliphatic hydroxyl groups is 2. The standard InChI is InChI=1S/C20H34O.C19H32O2.C19H34O.C18H32O2/c1-14(9-10-15(2)19(3,4)5)16-11-12-17-18(21)8-7-13-20(16,17)6;1-13(8-9-14(2)18(3,4)21)15-10-11-16-17(20)7-6-12-19(15,16)5;1-14(8-6-12-18(2,3)4)15-10-11-16-17(20)9-7-13-19(15,16)5;1-13(7-5-11-17(2,3)20)14-9-10-15-16(19)8-6-12-18(14,15)4/h9-10,14-17H,7-8,11-13H2,1-6H3;8-9,13-16,21H,6-7,10-12H2,1-5H3;14-16H,6-13H2,1-5H3;13-15,20H,5-12H2,1-4H3/b10-9+;9-8+;;/t14-,15+,16?,17+,20-;13-,14+,15?,16+,19-;14-,15?,16+,19-;13-,14?,15+,18-/m1111/s1. The summed E-state index contributed by atoms with van der Waals surface area (Å²) >= 11 is 0. The Labute approximate surface area is 506 Å². The molecule has 0 heterocycles. The first kappa shape index (κ1) is 70.8. The van der Waals surface area contributed by atoms with Gasteiger partial charge >= 0.3 is 0 Å². The van der Waals surface area contributed by atoms with Gasteiger partial charge in [0.25, 0.3) is 0 Å². The number of allylic oxidation sites excluding steroid dienone is 3. The van der Waals surface area contributed by atoms with Crippen molar-refractivity contribution in [2.24, 2.45) is 115 Å². The molecule has 0 bridgehead atoms. The van der Waals surface area contributed by atoms with E-state index in [1.807, 2.05) is 27.7 Å². The minimum Gasteiger partial charge on any atom is -0.390 e. The fourth-order valence-corrected chi connectivity index (χ4v) is 19.2. The molecule has 0 radical (unpaired) electrons. The lowest BCUT2D eigenvalue weighted by Crippen LogP contribution is -2.39. The fraction of sp³-hybridized carbons (Fsp3) is 0.895. The molecule has 0 aromatic rings. The Morgan fingerprint density at radius 2 is 0.720 bits per heavy atom. The van der Waals surface area contributed by atoms with E-state index >= 15 is 0 Å². The van der Waals surface area contributed by atoms with Gasteiger partial charge in [-0.2, -0.15) is 0 Å². The van der Waals surface area contributed by atoms with E-state index in [0.717, 1.165) is 95.3 Å². The summed E-state index contributed by atoms with van der Waals surface area (Å²) < 4.78 is 0. The van der Waals surface area contributed by atoms with Crippen LogP contribution in [-0.2, 0) is 19.2 Å². The van der Waals surface area contributed by atoms with E-state index in [4.69, 9.17) is 0 Å². The molecule has 472 valence electrons. The molecule has 0 amide bonds. The predicted molar refractivity (Wildman–Crippen MR) is 345 cm³/mol. The first-order chi connectivity index (χ1) is 37.8. The van der Waals surface area contributed by atoms with Crippen molar-refractivity contribution in [3.8, 4) is 0 Å². The molecule has 6 heteroatoms. The second kappa shape index (κ2) is 28.5. The summed E-state index contributed by atoms with van der Waals surface area (Å²) in [4.78, 5) is 48.8. The molecule has 8 fully saturated rings. The van der Waals surface area contributed by atoms with Crippen LogP contribution in [-0.4, -0.2) is 44.5 Å². The Morgan fingerprint density at radius 3 is 1.01 bits per heavy atom. The van der Waals surface area contributed by atoms with E-state index in [2.05, 4.69) is 135 Å². The third kappa shape index (κ3) is 17.7. The smallest absolute Gasteiger partial charge is 0.136 e. The van der Waals surface area contributed by atoms with Crippen LogP contribution in [0.1, 0.15) is 305 Å². The van der Waals surface area contributed by atoms with Gasteiger partial charge in [0.15, 0.2) is 0 Å². The van der Waals surface area contributed by atoms with Crippen molar-refractivity contribution in [2.75, 3.05) is 0 Å². The van der Waals surface area contributed by atoms with E-state index < -0.39 is 11.2 Å². The molecule has 0 saturated heterocycles. The molecule has 8 saturated carbocycles. The zero-order chi connectivity index (χ0) is 61.6. The van der Waals surface area contributed by atoms with Crippen LogP contribution in [0.25, 0.3) is 0 Å². The molecule has 8 aliphatic carbocycles. The Hall–Kier alpha value is -1.92. The second-order valence-corrected chi connectivity index (χ2v) is 34.4. The largest absolute Gasteiger partial charge is 0.390 e. The van der Waals surface area contributed by atoms with Crippen molar-refractivity contribution in [1.82, 2.24) is 0 Å². The summed E-state index contributed by atoms with van der Waals surface area (Å²) in [7, 11) is 0. The van der Waals surface area contributed by atoms with Gasteiger partial charge in [0.2, 0.25) is 0 Å². The van der Waals surface area contributed by atoms with Gasteiger partial charge in [0.1, 0.15) is 23.1 Å². The number of hydrogen-bond donors (Lipinski definition) is 2. The molecule has 6 nitrogen and oxygen atoms in total. The Balaban J connectivity index is 0.000000200. The minimum atomic E-state index is -0.668. The van der Waals surface area contributed by atoms with Crippen molar-refractivity contribution >= 4 is 23.1 Å². The van der Waals surface area contributed by atoms with Crippen molar-refractivity contribution in [3.63, 3.8) is 0 Å². The van der Waals surface area contributed by atoms with E-state index in [-0.39, 0.29) is 22.2 Å². The normalized spacial score (nSPS) is 36.4. The maximum absolute atomic E-state index is 12.2. The van der Waals surface area contributed by atoms with Crippen LogP contribution in [0.5, 0.6) is 0 Å². The summed E-state index contributed by atoms with van der Waals surface area (Å²) in [6, 6.07) is 0. The van der Waals surface area contributed by atoms with Crippen molar-refractivity contribution in [1.29, 1.82) is 0 Å². The van der Waals surface area contributed by atoms with E-state index in [1.165, 1.54) is 83.5 Å². The zero-order valence-corrected chi connectivity index (χ0v) is 57.3. The lowest BCUT2D eigenvalue weighted by Gasteiger charge is -2.42. The third-order valence-corrected chi connectivity index (χ3v) is 25.3. The first-order valence-electron chi connectivity index (χ1n) is 34.7. The Morgan fingerprint density at radius 1 is 0.427 bits per heavy atom. The molecule has 4 unspecified atom stereocenters. The fourth-order valence-electron chi connectivity index (χ4n) is 19.2. The van der Waals surface area contributed by atoms with Crippen molar-refractivity contribution in [3.05, 3.63) is 24.3 Å². The number of carbonyl (C=O) groups excluding carboxylic acids is 4. The highest BCUT2D eigenvalue weighted by Gasteiger charge is 2.55. The minimum absolute atomic E-state index is 0.151. The highest BCUT2D eigenvalue weighted by atomic mass is 16.3. The highest BCUT2D eigenvalue weighted by Crippen LogP contribution is 2.60. The third-order valence-electron chi connectivity index (χ3n) is 25.3. The Kier molecular flexibility index (Phi) is 24.6. The molecular formula is C76H132O6. The van der Waals surface area contributed by atoms with E-state index in [1.54, 1.807) is 0 Å². The lowest BCUT2D eigenvalue weighted by atomic mass is 9.62. The zero-order valence-electron chi connectivity index (χ0n) is 57.3. The second-order valence-electron chi connectivity index (χ2n) is 34.4. The first-order valence-corrected chi connectivity index (χ1v) is 34.7. The quantitative estimate of drug-likeness (QED) is 0.149. The van der Waals surface area contributed by atoms with Crippen LogP contribution in [0.15, 0.2) is 24.3 Å². The van der Waals surface area contributed by atoms with Crippen molar-refractivity contribution in [2.45, 2.75) is 317 Å². The van der Waals surface area contributed by atoms with Crippen LogP contribution < -0.4 is 0 Å². The topological polar surface area (TPSA) is 109 Å².